The van der Waals surface area contributed by atoms with Crippen LogP contribution in [-0.4, -0.2) is 33.7 Å². The van der Waals surface area contributed by atoms with Crippen LogP contribution in [0, 0.1) is 0 Å². The van der Waals surface area contributed by atoms with Crippen LogP contribution < -0.4 is 0 Å². The van der Waals surface area contributed by atoms with Gasteiger partial charge in [-0.2, -0.15) is 0 Å². The van der Waals surface area contributed by atoms with E-state index in [4.69, 9.17) is 5.11 Å². The summed E-state index contributed by atoms with van der Waals surface area (Å²) in [6, 6.07) is 32.8. The lowest BCUT2D eigenvalue weighted by molar-refractivity contribution is -0.141. The first kappa shape index (κ1) is 27.7. The van der Waals surface area contributed by atoms with Crippen LogP contribution in [0.2, 0.25) is 0 Å². The summed E-state index contributed by atoms with van der Waals surface area (Å²) in [5, 5.41) is 18.5. The van der Waals surface area contributed by atoms with Crippen LogP contribution in [0.3, 0.4) is 0 Å². The maximum absolute atomic E-state index is 12.5. The molecule has 4 aromatic rings. The van der Waals surface area contributed by atoms with Crippen LogP contribution in [-0.2, 0) is 15.0 Å². The van der Waals surface area contributed by atoms with Crippen molar-refractivity contribution in [1.29, 1.82) is 0 Å². The van der Waals surface area contributed by atoms with Crippen LogP contribution in [0.1, 0.15) is 57.2 Å². The molecule has 6 nitrogen and oxygen atoms in total. The van der Waals surface area contributed by atoms with Gasteiger partial charge in [-0.3, -0.25) is 19.2 Å². The summed E-state index contributed by atoms with van der Waals surface area (Å²) < 4.78 is 0. The Bertz CT molecular complexity index is 1410. The molecule has 0 spiro atoms. The Balaban J connectivity index is 0.000000211. The van der Waals surface area contributed by atoms with Crippen LogP contribution in [0.25, 0.3) is 0 Å². The van der Waals surface area contributed by atoms with E-state index in [9.17, 15) is 24.3 Å². The summed E-state index contributed by atoms with van der Waals surface area (Å²) in [5.41, 5.74) is 1.06. The molecule has 0 heterocycles. The Morgan fingerprint density at radius 1 is 0.632 bits per heavy atom. The molecule has 0 saturated heterocycles. The van der Waals surface area contributed by atoms with Crippen molar-refractivity contribution in [3.05, 3.63) is 143 Å². The third-order valence-electron chi connectivity index (χ3n) is 6.32. The van der Waals surface area contributed by atoms with Crippen molar-refractivity contribution in [3.63, 3.8) is 0 Å². The highest BCUT2D eigenvalue weighted by molar-refractivity contribution is 6.16. The van der Waals surface area contributed by atoms with Gasteiger partial charge >= 0.3 is 11.9 Å². The number of carbonyl (C=O) groups excluding carboxylic acids is 2. The number of aliphatic carboxylic acids is 2. The number of rotatable bonds is 8. The average Bonchev–Trinajstić information content (AvgIpc) is 2.97. The first-order valence-electron chi connectivity index (χ1n) is 12.0. The van der Waals surface area contributed by atoms with E-state index in [0.717, 1.165) is 0 Å². The second-order valence-corrected chi connectivity index (χ2v) is 8.87. The minimum Gasteiger partial charge on any atom is -0.481 e. The SMILES string of the molecule is CC(C(=O)O)(C(=O)c1ccccc1)c1ccccc1.CC(C(=O)O)c1cccc(C(=O)c2ccccc2)c1. The molecule has 4 aromatic carbocycles. The maximum Gasteiger partial charge on any atom is 0.321 e. The number of ketones is 2. The number of carbonyl (C=O) groups is 4. The Kier molecular flexibility index (Phi) is 9.06. The molecule has 0 aliphatic carbocycles. The number of hydrogen-bond acceptors (Lipinski definition) is 4. The molecular weight excluding hydrogens is 480 g/mol. The van der Waals surface area contributed by atoms with E-state index < -0.39 is 29.1 Å². The van der Waals surface area contributed by atoms with E-state index in [0.29, 0.717) is 27.8 Å². The Hall–Kier alpha value is -4.84. The highest BCUT2D eigenvalue weighted by Crippen LogP contribution is 2.28. The molecule has 0 fully saturated rings. The summed E-state index contributed by atoms with van der Waals surface area (Å²) in [6.07, 6.45) is 0. The molecular formula is C32H28O6. The zero-order valence-corrected chi connectivity index (χ0v) is 21.1. The molecule has 0 aromatic heterocycles. The lowest BCUT2D eigenvalue weighted by atomic mass is 9.76. The van der Waals surface area contributed by atoms with Crippen molar-refractivity contribution in [2.45, 2.75) is 25.2 Å². The Morgan fingerprint density at radius 2 is 1.11 bits per heavy atom. The molecule has 0 bridgehead atoms. The van der Waals surface area contributed by atoms with Crippen molar-refractivity contribution in [3.8, 4) is 0 Å². The number of carboxylic acid groups (broad SMARTS) is 2. The fourth-order valence-corrected chi connectivity index (χ4v) is 3.85. The predicted molar refractivity (Wildman–Crippen MR) is 145 cm³/mol. The second-order valence-electron chi connectivity index (χ2n) is 8.87. The molecule has 0 aliphatic heterocycles. The van der Waals surface area contributed by atoms with Gasteiger partial charge in [0.05, 0.1) is 5.92 Å². The zero-order chi connectivity index (χ0) is 27.7. The van der Waals surface area contributed by atoms with Gasteiger partial charge in [0.25, 0.3) is 0 Å². The second kappa shape index (κ2) is 12.4. The summed E-state index contributed by atoms with van der Waals surface area (Å²) in [6.45, 7) is 3.05. The Labute approximate surface area is 221 Å². The van der Waals surface area contributed by atoms with Crippen LogP contribution in [0.4, 0.5) is 0 Å². The summed E-state index contributed by atoms with van der Waals surface area (Å²) in [7, 11) is 0. The standard InChI is InChI=1S/2C16H14O3/c1-16(15(18)19,13-10-6-3-7-11-13)14(17)12-8-4-2-5-9-12;1-11(16(18)19)13-8-5-9-14(10-13)15(17)12-6-3-2-4-7-12/h2*2-11H,1H3,(H,18,19). The minimum absolute atomic E-state index is 0.0972. The number of benzene rings is 4. The van der Waals surface area contributed by atoms with Crippen molar-refractivity contribution in [2.24, 2.45) is 0 Å². The van der Waals surface area contributed by atoms with Gasteiger partial charge < -0.3 is 10.2 Å². The molecule has 192 valence electrons. The molecule has 2 atom stereocenters. The number of hydrogen-bond donors (Lipinski definition) is 2. The maximum atomic E-state index is 12.5. The fourth-order valence-electron chi connectivity index (χ4n) is 3.85. The van der Waals surface area contributed by atoms with Gasteiger partial charge in [0.1, 0.15) is 0 Å². The van der Waals surface area contributed by atoms with Gasteiger partial charge in [0.15, 0.2) is 17.0 Å². The molecule has 4 rings (SSSR count). The van der Waals surface area contributed by atoms with E-state index >= 15 is 0 Å². The van der Waals surface area contributed by atoms with Gasteiger partial charge in [-0.05, 0) is 31.0 Å². The molecule has 0 radical (unpaired) electrons. The first-order valence-corrected chi connectivity index (χ1v) is 12.0. The van der Waals surface area contributed by atoms with Crippen molar-refractivity contribution < 1.29 is 29.4 Å². The van der Waals surface area contributed by atoms with Crippen molar-refractivity contribution in [1.82, 2.24) is 0 Å². The summed E-state index contributed by atoms with van der Waals surface area (Å²) in [4.78, 5) is 47.4. The molecule has 6 heteroatoms. The van der Waals surface area contributed by atoms with E-state index in [2.05, 4.69) is 0 Å². The van der Waals surface area contributed by atoms with Gasteiger partial charge in [-0.15, -0.1) is 0 Å². The third-order valence-corrected chi connectivity index (χ3v) is 6.32. The van der Waals surface area contributed by atoms with Crippen LogP contribution in [0.15, 0.2) is 115 Å². The molecule has 2 N–H and O–H groups in total. The number of carboxylic acids is 2. The van der Waals surface area contributed by atoms with E-state index in [1.807, 2.05) is 6.07 Å². The van der Waals surface area contributed by atoms with Gasteiger partial charge in [0, 0.05) is 16.7 Å². The van der Waals surface area contributed by atoms with E-state index in [1.54, 1.807) is 116 Å². The van der Waals surface area contributed by atoms with Gasteiger partial charge in [0.2, 0.25) is 0 Å². The topological polar surface area (TPSA) is 109 Å². The smallest absolute Gasteiger partial charge is 0.321 e. The normalized spacial score (nSPS) is 12.7. The molecule has 0 aliphatic rings. The van der Waals surface area contributed by atoms with E-state index in [1.165, 1.54) is 6.92 Å². The average molecular weight is 509 g/mol. The van der Waals surface area contributed by atoms with Crippen molar-refractivity contribution >= 4 is 23.5 Å². The molecule has 2 unspecified atom stereocenters. The zero-order valence-electron chi connectivity index (χ0n) is 21.1. The van der Waals surface area contributed by atoms with Gasteiger partial charge in [-0.1, -0.05) is 109 Å². The molecule has 0 saturated carbocycles. The van der Waals surface area contributed by atoms with Gasteiger partial charge in [-0.25, -0.2) is 0 Å². The fraction of sp³-hybridized carbons (Fsp3) is 0.125. The van der Waals surface area contributed by atoms with E-state index in [-0.39, 0.29) is 5.78 Å². The summed E-state index contributed by atoms with van der Waals surface area (Å²) in [5.74, 6) is -3.17. The minimum atomic E-state index is -1.57. The summed E-state index contributed by atoms with van der Waals surface area (Å²) >= 11 is 0. The third kappa shape index (κ3) is 6.28. The highest BCUT2D eigenvalue weighted by Gasteiger charge is 2.43. The lowest BCUT2D eigenvalue weighted by Crippen LogP contribution is -2.40. The molecule has 0 amide bonds. The molecule has 38 heavy (non-hydrogen) atoms. The highest BCUT2D eigenvalue weighted by atomic mass is 16.4. The van der Waals surface area contributed by atoms with Crippen molar-refractivity contribution in [2.75, 3.05) is 0 Å². The predicted octanol–water partition coefficient (Wildman–Crippen LogP) is 6.02. The Morgan fingerprint density at radius 3 is 1.61 bits per heavy atom. The monoisotopic (exact) mass is 508 g/mol. The lowest BCUT2D eigenvalue weighted by Gasteiger charge is -2.23. The van der Waals surface area contributed by atoms with Crippen LogP contribution >= 0.6 is 0 Å². The largest absolute Gasteiger partial charge is 0.481 e. The first-order chi connectivity index (χ1) is 18.2. The quantitative estimate of drug-likeness (QED) is 0.223. The number of Topliss-reactive ketones (excluding diaryl/α,β-unsaturated/α-hetero) is 1. The van der Waals surface area contributed by atoms with Crippen LogP contribution in [0.5, 0.6) is 0 Å².